The maximum atomic E-state index is 12.4. The summed E-state index contributed by atoms with van der Waals surface area (Å²) in [4.78, 5) is 0. The normalized spacial score (nSPS) is 12.9. The highest BCUT2D eigenvalue weighted by atomic mass is 15.2. The number of benzene rings is 2. The molecule has 2 aromatic carbocycles. The van der Waals surface area contributed by atoms with Crippen molar-refractivity contribution in [2.45, 2.75) is 317 Å². The highest BCUT2D eigenvalue weighted by Crippen LogP contribution is 2.38. The zero-order chi connectivity index (χ0) is 49.3. The number of nitrogens with zero attached hydrogens (tertiary/aromatic N) is 2. The number of aryl methyl sites for hydroxylation is 4. The second-order valence-electron chi connectivity index (χ2n) is 21.9. The van der Waals surface area contributed by atoms with Gasteiger partial charge in [0.25, 0.3) is 0 Å². The van der Waals surface area contributed by atoms with E-state index in [2.05, 4.69) is 89.2 Å². The predicted octanol–water partition coefficient (Wildman–Crippen LogP) is 22.9. The van der Waals surface area contributed by atoms with Gasteiger partial charge in [0.1, 0.15) is 0 Å². The van der Waals surface area contributed by atoms with Crippen molar-refractivity contribution in [2.24, 2.45) is 0 Å². The van der Waals surface area contributed by atoms with Gasteiger partial charge < -0.3 is 5.53 Å². The topological polar surface area (TPSA) is 25.3 Å². The molecule has 0 saturated carbocycles. The van der Waals surface area contributed by atoms with Gasteiger partial charge in [-0.25, -0.2) is 4.70 Å². The average molecular weight is 946 g/mol. The van der Waals surface area contributed by atoms with E-state index < -0.39 is 0 Å². The van der Waals surface area contributed by atoms with Gasteiger partial charge in [-0.05, 0) is 111 Å². The first-order valence-electron chi connectivity index (χ1n) is 30.9. The summed E-state index contributed by atoms with van der Waals surface area (Å²) in [5.41, 5.74) is 23.5. The maximum Gasteiger partial charge on any atom is 0.214 e. The molecule has 0 unspecified atom stereocenters. The van der Waals surface area contributed by atoms with Crippen molar-refractivity contribution in [3.05, 3.63) is 99.1 Å². The molecular formula is C67H112N2. The average Bonchev–Trinajstić information content (AvgIpc) is 3.69. The van der Waals surface area contributed by atoms with Gasteiger partial charge in [0.05, 0.1) is 5.57 Å². The highest BCUT2D eigenvalue weighted by molar-refractivity contribution is 5.81. The van der Waals surface area contributed by atoms with E-state index in [-0.39, 0.29) is 0 Å². The van der Waals surface area contributed by atoms with E-state index >= 15 is 0 Å². The van der Waals surface area contributed by atoms with Crippen LogP contribution in [0.2, 0.25) is 0 Å². The second kappa shape index (κ2) is 41.8. The van der Waals surface area contributed by atoms with E-state index in [1.807, 2.05) is 0 Å². The van der Waals surface area contributed by atoms with E-state index in [4.69, 9.17) is 0 Å². The SMILES string of the molecule is CCCCCCCCCCCCCCCCCCCCCCCCCC=CC1=C(c2cc(CCCC)cc(CCCC)c2)[N+](=[N-])C(c2cc(CCCCCCCC)cc(CCCCCCCC)c2)=C1. The molecule has 1 aliphatic heterocycles. The van der Waals surface area contributed by atoms with Crippen molar-refractivity contribution in [1.82, 2.24) is 0 Å². The molecular weight excluding hydrogens is 833 g/mol. The van der Waals surface area contributed by atoms with Crippen LogP contribution in [0.1, 0.15) is 325 Å². The summed E-state index contributed by atoms with van der Waals surface area (Å²) >= 11 is 0. The van der Waals surface area contributed by atoms with Gasteiger partial charge in [-0.3, -0.25) is 0 Å². The van der Waals surface area contributed by atoms with Crippen LogP contribution in [0.4, 0.5) is 0 Å². The van der Waals surface area contributed by atoms with Crippen LogP contribution < -0.4 is 0 Å². The molecule has 2 aromatic rings. The Morgan fingerprint density at radius 1 is 0.333 bits per heavy atom. The first kappa shape index (κ1) is 60.6. The lowest BCUT2D eigenvalue weighted by Crippen LogP contribution is -2.05. The lowest BCUT2D eigenvalue weighted by Gasteiger charge is -2.14. The van der Waals surface area contributed by atoms with Crippen molar-refractivity contribution in [1.29, 1.82) is 0 Å². The molecule has 0 spiro atoms. The van der Waals surface area contributed by atoms with Crippen molar-refractivity contribution >= 4 is 11.4 Å². The third-order valence-electron chi connectivity index (χ3n) is 15.2. The fourth-order valence-corrected chi connectivity index (χ4v) is 10.8. The third-order valence-corrected chi connectivity index (χ3v) is 15.2. The summed E-state index contributed by atoms with van der Waals surface area (Å²) in [6.45, 7) is 11.5. The highest BCUT2D eigenvalue weighted by Gasteiger charge is 2.29. The smallest absolute Gasteiger partial charge is 0.214 e. The number of unbranched alkanes of at least 4 members (excludes halogenated alkanes) is 35. The molecule has 0 aliphatic carbocycles. The van der Waals surface area contributed by atoms with Crippen molar-refractivity contribution in [2.75, 3.05) is 0 Å². The Hall–Kier alpha value is -2.74. The molecule has 2 nitrogen and oxygen atoms in total. The molecule has 0 bridgehead atoms. The summed E-state index contributed by atoms with van der Waals surface area (Å²) in [7, 11) is 0. The molecule has 0 fully saturated rings. The number of rotatable bonds is 47. The van der Waals surface area contributed by atoms with Crippen LogP contribution in [0.3, 0.4) is 0 Å². The molecule has 2 heteroatoms. The van der Waals surface area contributed by atoms with Gasteiger partial charge in [-0.15, -0.1) is 0 Å². The van der Waals surface area contributed by atoms with Gasteiger partial charge in [-0.2, -0.15) is 0 Å². The summed E-state index contributed by atoms with van der Waals surface area (Å²) in [6, 6.07) is 14.5. The lowest BCUT2D eigenvalue weighted by molar-refractivity contribution is -0.344. The Balaban J connectivity index is 1.56. The van der Waals surface area contributed by atoms with Crippen LogP contribution in [0.25, 0.3) is 16.9 Å². The summed E-state index contributed by atoms with van der Waals surface area (Å²) in [5.74, 6) is 0. The monoisotopic (exact) mass is 945 g/mol. The molecule has 0 aromatic heterocycles. The molecule has 0 N–H and O–H groups in total. The lowest BCUT2D eigenvalue weighted by atomic mass is 9.96. The largest absolute Gasteiger partial charge is 0.493 e. The van der Waals surface area contributed by atoms with Gasteiger partial charge in [-0.1, -0.05) is 277 Å². The third kappa shape index (κ3) is 28.2. The van der Waals surface area contributed by atoms with E-state index in [1.165, 1.54) is 284 Å². The van der Waals surface area contributed by atoms with E-state index in [1.54, 1.807) is 4.70 Å². The molecule has 0 atom stereocenters. The summed E-state index contributed by atoms with van der Waals surface area (Å²) < 4.78 is 1.57. The Bertz CT molecular complexity index is 1610. The minimum Gasteiger partial charge on any atom is -0.493 e. The summed E-state index contributed by atoms with van der Waals surface area (Å²) in [5, 5.41) is 0. The number of hydrogen-bond acceptors (Lipinski definition) is 0. The van der Waals surface area contributed by atoms with Crippen LogP contribution in [-0.4, -0.2) is 4.70 Å². The minimum absolute atomic E-state index is 0.937. The van der Waals surface area contributed by atoms with Crippen LogP contribution in [0, 0.1) is 0 Å². The molecule has 0 radical (unpaired) electrons. The quantitative estimate of drug-likeness (QED) is 0.0467. The first-order valence-corrected chi connectivity index (χ1v) is 30.9. The van der Waals surface area contributed by atoms with Crippen LogP contribution in [0.5, 0.6) is 0 Å². The molecule has 3 rings (SSSR count). The van der Waals surface area contributed by atoms with Gasteiger partial charge in [0.2, 0.25) is 11.4 Å². The van der Waals surface area contributed by atoms with E-state index in [0.29, 0.717) is 0 Å². The second-order valence-corrected chi connectivity index (χ2v) is 21.9. The minimum atomic E-state index is 0.937. The first-order chi connectivity index (χ1) is 34.0. The number of hydrogen-bond donors (Lipinski definition) is 0. The zero-order valence-corrected chi connectivity index (χ0v) is 46.7. The summed E-state index contributed by atoms with van der Waals surface area (Å²) in [6.07, 6.45) is 65.9. The van der Waals surface area contributed by atoms with Gasteiger partial charge >= 0.3 is 0 Å². The fraction of sp³-hybridized carbons (Fsp3) is 0.731. The van der Waals surface area contributed by atoms with Crippen LogP contribution in [0.15, 0.2) is 60.2 Å². The molecule has 1 aliphatic rings. The Kier molecular flexibility index (Phi) is 36.7. The standard InChI is InChI=1S/C67H112N2/c1-6-11-16-19-22-23-24-25-26-27-28-29-30-31-32-33-34-35-36-37-38-39-40-43-46-51-63-58-66(69(68)67(63)65-56-59(47-14-9-4)52-60(57-65)48-15-10-5)64-54-61(49-44-41-20-17-12-7-2)53-62(55-64)50-45-42-21-18-13-8-3/h46,51-58H,6-45,47-50H2,1-5H3. The van der Waals surface area contributed by atoms with Gasteiger partial charge in [0, 0.05) is 17.2 Å². The fourth-order valence-electron chi connectivity index (χ4n) is 10.8. The zero-order valence-electron chi connectivity index (χ0n) is 46.7. The van der Waals surface area contributed by atoms with Gasteiger partial charge in [0.15, 0.2) is 0 Å². The predicted molar refractivity (Wildman–Crippen MR) is 308 cm³/mol. The van der Waals surface area contributed by atoms with Crippen LogP contribution in [-0.2, 0) is 25.7 Å². The number of allylic oxidation sites excluding steroid dienone is 4. The van der Waals surface area contributed by atoms with Crippen molar-refractivity contribution in [3.8, 4) is 0 Å². The molecule has 0 saturated heterocycles. The Labute approximate surface area is 430 Å². The van der Waals surface area contributed by atoms with E-state index in [9.17, 15) is 5.53 Å². The Morgan fingerprint density at radius 3 is 0.971 bits per heavy atom. The van der Waals surface area contributed by atoms with E-state index in [0.717, 1.165) is 49.1 Å². The Morgan fingerprint density at radius 2 is 0.623 bits per heavy atom. The molecule has 390 valence electrons. The molecule has 69 heavy (non-hydrogen) atoms. The van der Waals surface area contributed by atoms with Crippen LogP contribution >= 0.6 is 0 Å². The molecule has 1 heterocycles. The molecule has 0 amide bonds. The maximum absolute atomic E-state index is 12.4. The van der Waals surface area contributed by atoms with Crippen molar-refractivity contribution in [3.63, 3.8) is 0 Å². The van der Waals surface area contributed by atoms with Crippen molar-refractivity contribution < 1.29 is 4.70 Å².